The van der Waals surface area contributed by atoms with Gasteiger partial charge in [0.2, 0.25) is 11.7 Å². The molecule has 0 fully saturated rings. The first-order valence-corrected chi connectivity index (χ1v) is 10.7. The first kappa shape index (κ1) is 22.8. The summed E-state index contributed by atoms with van der Waals surface area (Å²) in [5.41, 5.74) is 3.42. The first-order valence-electron chi connectivity index (χ1n) is 10.7. The number of aromatic nitrogens is 2. The number of carbonyl (C=O) groups is 1. The van der Waals surface area contributed by atoms with Crippen molar-refractivity contribution >= 4 is 5.91 Å². The second-order valence-corrected chi connectivity index (χ2v) is 7.50. The smallest absolute Gasteiger partial charge is 0.254 e. The predicted molar refractivity (Wildman–Crippen MR) is 130 cm³/mol. The lowest BCUT2D eigenvalue weighted by atomic mass is 10.0. The largest absolute Gasteiger partial charge is 0.493 e. The molecule has 0 spiro atoms. The lowest BCUT2D eigenvalue weighted by molar-refractivity contribution is 0.0745. The summed E-state index contributed by atoms with van der Waals surface area (Å²) < 4.78 is 16.0. The van der Waals surface area contributed by atoms with Crippen molar-refractivity contribution in [3.63, 3.8) is 0 Å². The third kappa shape index (κ3) is 4.99. The van der Waals surface area contributed by atoms with Gasteiger partial charge in [-0.25, -0.2) is 0 Å². The van der Waals surface area contributed by atoms with Crippen molar-refractivity contribution in [1.29, 1.82) is 0 Å². The number of rotatable bonds is 9. The fraction of sp³-hybridized carbons (Fsp3) is 0.148. The molecule has 3 aromatic carbocycles. The molecule has 7 heteroatoms. The van der Waals surface area contributed by atoms with Gasteiger partial charge in [-0.05, 0) is 41.5 Å². The maximum absolute atomic E-state index is 13.2. The number of nitrogens with zero attached hydrogens (tertiary/aromatic N) is 3. The molecule has 0 aliphatic heterocycles. The number of benzene rings is 3. The lowest BCUT2D eigenvalue weighted by Gasteiger charge is -2.19. The second-order valence-electron chi connectivity index (χ2n) is 7.50. The van der Waals surface area contributed by atoms with E-state index in [0.717, 1.165) is 11.1 Å². The third-order valence-corrected chi connectivity index (χ3v) is 5.31. The molecule has 34 heavy (non-hydrogen) atoms. The van der Waals surface area contributed by atoms with Crippen LogP contribution in [0.15, 0.2) is 90.0 Å². The summed E-state index contributed by atoms with van der Waals surface area (Å²) in [7, 11) is 3.14. The van der Waals surface area contributed by atoms with Gasteiger partial charge >= 0.3 is 0 Å². The van der Waals surface area contributed by atoms with Crippen LogP contribution in [0.1, 0.15) is 16.2 Å². The quantitative estimate of drug-likeness (QED) is 0.321. The van der Waals surface area contributed by atoms with Crippen LogP contribution in [0.25, 0.3) is 22.5 Å². The zero-order chi connectivity index (χ0) is 23.9. The Morgan fingerprint density at radius 2 is 1.62 bits per heavy atom. The Labute approximate surface area is 198 Å². The van der Waals surface area contributed by atoms with Gasteiger partial charge in [0.15, 0.2) is 11.5 Å². The standard InChI is InChI=1S/C27H25N3O4/c1-4-16-30(27(31)21-12-10-20(11-13-21)19-8-6-5-7-9-19)18-25-28-26(29-34-25)22-14-15-23(32-2)24(17-22)33-3/h4-15,17H,1,16,18H2,2-3H3. The highest BCUT2D eigenvalue weighted by molar-refractivity contribution is 5.94. The normalized spacial score (nSPS) is 10.5. The Balaban J connectivity index is 1.51. The van der Waals surface area contributed by atoms with Crippen molar-refractivity contribution in [3.05, 3.63) is 96.9 Å². The summed E-state index contributed by atoms with van der Waals surface area (Å²) in [6.45, 7) is 4.27. The van der Waals surface area contributed by atoms with Crippen molar-refractivity contribution in [2.75, 3.05) is 20.8 Å². The zero-order valence-electron chi connectivity index (χ0n) is 19.1. The van der Waals surface area contributed by atoms with Crippen molar-refractivity contribution in [3.8, 4) is 34.0 Å². The molecule has 0 saturated heterocycles. The molecule has 0 atom stereocenters. The average Bonchev–Trinajstić information content (AvgIpc) is 3.37. The number of amides is 1. The fourth-order valence-corrected chi connectivity index (χ4v) is 3.57. The molecule has 0 bridgehead atoms. The highest BCUT2D eigenvalue weighted by Crippen LogP contribution is 2.31. The van der Waals surface area contributed by atoms with Crippen molar-refractivity contribution in [1.82, 2.24) is 15.0 Å². The van der Waals surface area contributed by atoms with Crippen LogP contribution in [0.4, 0.5) is 0 Å². The SMILES string of the molecule is C=CCN(Cc1nc(-c2ccc(OC)c(OC)c2)no1)C(=O)c1ccc(-c2ccccc2)cc1. The van der Waals surface area contributed by atoms with E-state index in [1.165, 1.54) is 0 Å². The molecule has 172 valence electrons. The van der Waals surface area contributed by atoms with E-state index in [-0.39, 0.29) is 12.5 Å². The predicted octanol–water partition coefficient (Wildman–Crippen LogP) is 5.25. The minimum atomic E-state index is -0.148. The molecule has 1 heterocycles. The molecule has 0 radical (unpaired) electrons. The molecule has 7 nitrogen and oxygen atoms in total. The van der Waals surface area contributed by atoms with Crippen molar-refractivity contribution in [2.45, 2.75) is 6.54 Å². The molecule has 0 N–H and O–H groups in total. The summed E-state index contributed by atoms with van der Waals surface area (Å²) in [5.74, 6) is 1.74. The molecular formula is C27H25N3O4. The van der Waals surface area contributed by atoms with Gasteiger partial charge in [-0.2, -0.15) is 4.98 Å². The van der Waals surface area contributed by atoms with E-state index >= 15 is 0 Å². The highest BCUT2D eigenvalue weighted by atomic mass is 16.5. The molecule has 0 aliphatic carbocycles. The van der Waals surface area contributed by atoms with Crippen LogP contribution in [-0.4, -0.2) is 41.7 Å². The maximum atomic E-state index is 13.2. The van der Waals surface area contributed by atoms with Crippen LogP contribution < -0.4 is 9.47 Å². The van der Waals surface area contributed by atoms with Crippen molar-refractivity contribution in [2.24, 2.45) is 0 Å². The van der Waals surface area contributed by atoms with Gasteiger partial charge in [-0.3, -0.25) is 4.79 Å². The summed E-state index contributed by atoms with van der Waals surface area (Å²) >= 11 is 0. The van der Waals surface area contributed by atoms with Crippen LogP contribution in [0.2, 0.25) is 0 Å². The van der Waals surface area contributed by atoms with E-state index in [1.807, 2.05) is 60.7 Å². The Morgan fingerprint density at radius 3 is 2.29 bits per heavy atom. The summed E-state index contributed by atoms with van der Waals surface area (Å²) in [6, 6.07) is 22.9. The summed E-state index contributed by atoms with van der Waals surface area (Å²) in [6.07, 6.45) is 1.67. The highest BCUT2D eigenvalue weighted by Gasteiger charge is 2.19. The maximum Gasteiger partial charge on any atom is 0.254 e. The Hall–Kier alpha value is -4.39. The van der Waals surface area contributed by atoms with Crippen molar-refractivity contribution < 1.29 is 18.8 Å². The molecule has 4 aromatic rings. The fourth-order valence-electron chi connectivity index (χ4n) is 3.57. The average molecular weight is 456 g/mol. The van der Waals surface area contributed by atoms with Gasteiger partial charge < -0.3 is 18.9 Å². The van der Waals surface area contributed by atoms with E-state index < -0.39 is 0 Å². The van der Waals surface area contributed by atoms with Crippen LogP contribution in [0, 0.1) is 0 Å². The molecule has 0 saturated carbocycles. The first-order chi connectivity index (χ1) is 16.6. The lowest BCUT2D eigenvalue weighted by Crippen LogP contribution is -2.30. The molecule has 4 rings (SSSR count). The van der Waals surface area contributed by atoms with Gasteiger partial charge in [-0.1, -0.05) is 53.7 Å². The number of carbonyl (C=O) groups excluding carboxylic acids is 1. The summed E-state index contributed by atoms with van der Waals surface area (Å²) in [4.78, 5) is 19.2. The number of hydrogen-bond donors (Lipinski definition) is 0. The number of ether oxygens (including phenoxy) is 2. The van der Waals surface area contributed by atoms with Gasteiger partial charge in [0.25, 0.3) is 5.91 Å². The van der Waals surface area contributed by atoms with Crippen LogP contribution >= 0.6 is 0 Å². The zero-order valence-corrected chi connectivity index (χ0v) is 19.1. The van der Waals surface area contributed by atoms with E-state index in [2.05, 4.69) is 16.7 Å². The number of methoxy groups -OCH3 is 2. The Morgan fingerprint density at radius 1 is 0.941 bits per heavy atom. The van der Waals surface area contributed by atoms with Crippen LogP contribution in [0.5, 0.6) is 11.5 Å². The van der Waals surface area contributed by atoms with Crippen LogP contribution in [-0.2, 0) is 6.54 Å². The Bertz CT molecular complexity index is 1270. The van der Waals surface area contributed by atoms with Crippen LogP contribution in [0.3, 0.4) is 0 Å². The minimum absolute atomic E-state index is 0.148. The van der Waals surface area contributed by atoms with E-state index in [1.54, 1.807) is 37.3 Å². The minimum Gasteiger partial charge on any atom is -0.493 e. The van der Waals surface area contributed by atoms with Gasteiger partial charge in [0.05, 0.1) is 14.2 Å². The van der Waals surface area contributed by atoms with Gasteiger partial charge in [0, 0.05) is 17.7 Å². The summed E-state index contributed by atoms with van der Waals surface area (Å²) in [5, 5.41) is 4.06. The molecular weight excluding hydrogens is 430 g/mol. The molecule has 0 unspecified atom stereocenters. The molecule has 1 amide bonds. The van der Waals surface area contributed by atoms with E-state index in [9.17, 15) is 4.79 Å². The topological polar surface area (TPSA) is 77.7 Å². The monoisotopic (exact) mass is 455 g/mol. The Kier molecular flexibility index (Phi) is 7.03. The second kappa shape index (κ2) is 10.5. The molecule has 0 aliphatic rings. The number of hydrogen-bond acceptors (Lipinski definition) is 6. The van der Waals surface area contributed by atoms with E-state index in [0.29, 0.717) is 40.9 Å². The van der Waals surface area contributed by atoms with Gasteiger partial charge in [-0.15, -0.1) is 6.58 Å². The molecule has 1 aromatic heterocycles. The third-order valence-electron chi connectivity index (χ3n) is 5.31. The van der Waals surface area contributed by atoms with Gasteiger partial charge in [0.1, 0.15) is 6.54 Å². The van der Waals surface area contributed by atoms with E-state index in [4.69, 9.17) is 14.0 Å².